The zero-order chi connectivity index (χ0) is 10.8. The van der Waals surface area contributed by atoms with Crippen molar-refractivity contribution < 1.29 is 4.42 Å². The summed E-state index contributed by atoms with van der Waals surface area (Å²) in [6.45, 7) is 0.221. The van der Waals surface area contributed by atoms with Crippen molar-refractivity contribution in [2.45, 2.75) is 6.54 Å². The quantitative estimate of drug-likeness (QED) is 0.922. The second-order valence-electron chi connectivity index (χ2n) is 2.81. The predicted molar refractivity (Wildman–Crippen MR) is 60.3 cm³/mol. The van der Waals surface area contributed by atoms with E-state index >= 15 is 0 Å². The minimum Gasteiger partial charge on any atom is -0.419 e. The number of nitrogens with zero attached hydrogens (tertiary/aromatic N) is 2. The minimum absolute atomic E-state index is 0.221. The molecule has 0 unspecified atom stereocenters. The lowest BCUT2D eigenvalue weighted by atomic mass is 10.2. The Morgan fingerprint density at radius 3 is 2.87 bits per heavy atom. The highest BCUT2D eigenvalue weighted by molar-refractivity contribution is 9.10. The number of aromatic nitrogens is 2. The lowest BCUT2D eigenvalue weighted by Gasteiger charge is -2.00. The summed E-state index contributed by atoms with van der Waals surface area (Å²) in [6.07, 6.45) is 0. The van der Waals surface area contributed by atoms with Crippen LogP contribution in [0.15, 0.2) is 27.1 Å². The van der Waals surface area contributed by atoms with Gasteiger partial charge in [-0.2, -0.15) is 0 Å². The maximum atomic E-state index is 6.07. The summed E-state index contributed by atoms with van der Waals surface area (Å²) in [6, 6.07) is 5.49. The Morgan fingerprint density at radius 1 is 1.40 bits per heavy atom. The molecule has 78 valence electrons. The first-order valence-corrected chi connectivity index (χ1v) is 5.36. The van der Waals surface area contributed by atoms with Crippen molar-refractivity contribution in [3.05, 3.63) is 33.6 Å². The van der Waals surface area contributed by atoms with E-state index in [-0.39, 0.29) is 6.54 Å². The topological polar surface area (TPSA) is 64.9 Å². The Bertz CT molecular complexity index is 486. The molecule has 0 radical (unpaired) electrons. The van der Waals surface area contributed by atoms with Crippen molar-refractivity contribution in [2.24, 2.45) is 5.73 Å². The summed E-state index contributed by atoms with van der Waals surface area (Å²) in [5, 5.41) is 8.17. The molecule has 0 saturated heterocycles. The van der Waals surface area contributed by atoms with E-state index in [0.717, 1.165) is 4.47 Å². The molecule has 15 heavy (non-hydrogen) atoms. The van der Waals surface area contributed by atoms with Crippen LogP contribution >= 0.6 is 27.5 Å². The van der Waals surface area contributed by atoms with Crippen LogP contribution in [0, 0.1) is 0 Å². The van der Waals surface area contributed by atoms with Crippen molar-refractivity contribution in [1.29, 1.82) is 0 Å². The fourth-order valence-corrected chi connectivity index (χ4v) is 1.69. The lowest BCUT2D eigenvalue weighted by molar-refractivity contribution is 0.508. The third kappa shape index (κ3) is 2.04. The molecule has 0 aliphatic rings. The smallest absolute Gasteiger partial charge is 0.249 e. The standard InChI is InChI=1S/C9H7BrClN3O/c10-6-3-1-2-5(8(6)11)9-14-13-7(4-12)15-9/h1-3H,4,12H2. The molecule has 0 bridgehead atoms. The van der Waals surface area contributed by atoms with Crippen LogP contribution in [0.3, 0.4) is 0 Å². The van der Waals surface area contributed by atoms with Gasteiger partial charge in [-0.1, -0.05) is 17.7 Å². The van der Waals surface area contributed by atoms with E-state index in [0.29, 0.717) is 22.4 Å². The molecule has 2 N–H and O–H groups in total. The molecule has 1 aromatic carbocycles. The SMILES string of the molecule is NCc1nnc(-c2cccc(Br)c2Cl)o1. The zero-order valence-electron chi connectivity index (χ0n) is 7.58. The Hall–Kier alpha value is -0.910. The van der Waals surface area contributed by atoms with E-state index in [1.165, 1.54) is 0 Å². The maximum Gasteiger partial charge on any atom is 0.249 e. The molecule has 2 aromatic rings. The van der Waals surface area contributed by atoms with Crippen molar-refractivity contribution >= 4 is 27.5 Å². The fourth-order valence-electron chi connectivity index (χ4n) is 1.11. The van der Waals surface area contributed by atoms with Gasteiger partial charge in [-0.15, -0.1) is 10.2 Å². The van der Waals surface area contributed by atoms with Gasteiger partial charge in [0.2, 0.25) is 11.8 Å². The van der Waals surface area contributed by atoms with Gasteiger partial charge in [-0.3, -0.25) is 0 Å². The van der Waals surface area contributed by atoms with Crippen LogP contribution in [-0.2, 0) is 6.54 Å². The molecule has 0 spiro atoms. The molecule has 4 nitrogen and oxygen atoms in total. The largest absolute Gasteiger partial charge is 0.419 e. The number of halogens is 2. The summed E-state index contributed by atoms with van der Waals surface area (Å²) < 4.78 is 6.09. The van der Waals surface area contributed by atoms with E-state index in [2.05, 4.69) is 26.1 Å². The van der Waals surface area contributed by atoms with E-state index in [1.807, 2.05) is 12.1 Å². The molecule has 1 aromatic heterocycles. The normalized spacial score (nSPS) is 10.6. The minimum atomic E-state index is 0.221. The highest BCUT2D eigenvalue weighted by atomic mass is 79.9. The number of rotatable bonds is 2. The molecule has 0 atom stereocenters. The predicted octanol–water partition coefficient (Wildman–Crippen LogP) is 2.61. The zero-order valence-corrected chi connectivity index (χ0v) is 9.92. The van der Waals surface area contributed by atoms with Gasteiger partial charge in [-0.05, 0) is 28.1 Å². The highest BCUT2D eigenvalue weighted by Crippen LogP contribution is 2.32. The first kappa shape index (κ1) is 10.6. The molecule has 0 fully saturated rings. The number of benzene rings is 1. The van der Waals surface area contributed by atoms with Crippen molar-refractivity contribution in [3.63, 3.8) is 0 Å². The lowest BCUT2D eigenvalue weighted by Crippen LogP contribution is -1.95. The average Bonchev–Trinajstić information content (AvgIpc) is 2.70. The van der Waals surface area contributed by atoms with E-state index < -0.39 is 0 Å². The fraction of sp³-hybridized carbons (Fsp3) is 0.111. The first-order valence-electron chi connectivity index (χ1n) is 4.19. The molecular weight excluding hydrogens is 281 g/mol. The second kappa shape index (κ2) is 4.30. The summed E-state index contributed by atoms with van der Waals surface area (Å²) in [5.41, 5.74) is 6.06. The second-order valence-corrected chi connectivity index (χ2v) is 4.04. The van der Waals surface area contributed by atoms with E-state index in [1.54, 1.807) is 6.07 Å². The van der Waals surface area contributed by atoms with Crippen LogP contribution < -0.4 is 5.73 Å². The van der Waals surface area contributed by atoms with Gasteiger partial charge in [0.1, 0.15) is 0 Å². The van der Waals surface area contributed by atoms with Gasteiger partial charge >= 0.3 is 0 Å². The van der Waals surface area contributed by atoms with Gasteiger partial charge in [0.25, 0.3) is 0 Å². The molecular formula is C9H7BrClN3O. The number of nitrogens with two attached hydrogens (primary N) is 1. The number of hydrogen-bond donors (Lipinski definition) is 1. The van der Waals surface area contributed by atoms with Crippen molar-refractivity contribution in [1.82, 2.24) is 10.2 Å². The van der Waals surface area contributed by atoms with Crippen LogP contribution in [0.4, 0.5) is 0 Å². The van der Waals surface area contributed by atoms with Crippen LogP contribution in [0.25, 0.3) is 11.5 Å². The molecule has 0 saturated carbocycles. The van der Waals surface area contributed by atoms with Gasteiger partial charge in [0.15, 0.2) is 0 Å². The van der Waals surface area contributed by atoms with Gasteiger partial charge in [-0.25, -0.2) is 0 Å². The Kier molecular flexibility index (Phi) is 3.04. The van der Waals surface area contributed by atoms with Crippen LogP contribution in [0.2, 0.25) is 5.02 Å². The van der Waals surface area contributed by atoms with Crippen LogP contribution in [0.1, 0.15) is 5.89 Å². The average molecular weight is 289 g/mol. The molecule has 0 aliphatic heterocycles. The molecule has 2 rings (SSSR count). The summed E-state index contributed by atoms with van der Waals surface area (Å²) >= 11 is 9.40. The highest BCUT2D eigenvalue weighted by Gasteiger charge is 2.12. The summed E-state index contributed by atoms with van der Waals surface area (Å²) in [4.78, 5) is 0. The third-order valence-electron chi connectivity index (χ3n) is 1.82. The molecule has 0 aliphatic carbocycles. The monoisotopic (exact) mass is 287 g/mol. The van der Waals surface area contributed by atoms with Crippen molar-refractivity contribution in [3.8, 4) is 11.5 Å². The van der Waals surface area contributed by atoms with Crippen LogP contribution in [0.5, 0.6) is 0 Å². The van der Waals surface area contributed by atoms with Gasteiger partial charge in [0.05, 0.1) is 17.1 Å². The Balaban J connectivity index is 2.49. The Labute approximate surface area is 99.6 Å². The maximum absolute atomic E-state index is 6.07. The first-order chi connectivity index (χ1) is 7.22. The summed E-state index contributed by atoms with van der Waals surface area (Å²) in [5.74, 6) is 0.766. The molecule has 1 heterocycles. The van der Waals surface area contributed by atoms with Crippen molar-refractivity contribution in [2.75, 3.05) is 0 Å². The van der Waals surface area contributed by atoms with Crippen LogP contribution in [-0.4, -0.2) is 10.2 Å². The molecule has 6 heteroatoms. The number of hydrogen-bond acceptors (Lipinski definition) is 4. The van der Waals surface area contributed by atoms with Gasteiger partial charge in [0, 0.05) is 4.47 Å². The van der Waals surface area contributed by atoms with E-state index in [9.17, 15) is 0 Å². The molecule has 0 amide bonds. The van der Waals surface area contributed by atoms with Gasteiger partial charge < -0.3 is 10.2 Å². The Morgan fingerprint density at radius 2 is 2.20 bits per heavy atom. The third-order valence-corrected chi connectivity index (χ3v) is 3.12. The summed E-state index contributed by atoms with van der Waals surface area (Å²) in [7, 11) is 0. The van der Waals surface area contributed by atoms with E-state index in [4.69, 9.17) is 21.8 Å².